The maximum Gasteiger partial charge on any atom is 0.235 e. The summed E-state index contributed by atoms with van der Waals surface area (Å²) >= 11 is 8.49. The molecular formula is C9H8BrClO. The van der Waals surface area contributed by atoms with Crippen LogP contribution in [-0.4, -0.2) is 10.1 Å². The van der Waals surface area contributed by atoms with Gasteiger partial charge < -0.3 is 0 Å². The second kappa shape index (κ2) is 4.63. The van der Waals surface area contributed by atoms with Gasteiger partial charge in [-0.25, -0.2) is 0 Å². The van der Waals surface area contributed by atoms with Gasteiger partial charge in [0.05, 0.1) is 4.83 Å². The van der Waals surface area contributed by atoms with E-state index >= 15 is 0 Å². The van der Waals surface area contributed by atoms with Crippen LogP contribution in [0.4, 0.5) is 0 Å². The molecule has 0 N–H and O–H groups in total. The number of rotatable bonds is 3. The Morgan fingerprint density at radius 1 is 1.42 bits per heavy atom. The molecule has 0 amide bonds. The molecule has 1 unspecified atom stereocenters. The number of carbonyl (C=O) groups excluding carboxylic acids is 1. The van der Waals surface area contributed by atoms with Crippen molar-refractivity contribution in [1.29, 1.82) is 0 Å². The molecule has 0 saturated carbocycles. The van der Waals surface area contributed by atoms with Gasteiger partial charge in [-0.1, -0.05) is 46.3 Å². The normalized spacial score (nSPS) is 12.5. The Balaban J connectivity index is 2.58. The third-order valence-corrected chi connectivity index (χ3v) is 2.77. The van der Waals surface area contributed by atoms with Crippen LogP contribution in [0.15, 0.2) is 30.3 Å². The monoisotopic (exact) mass is 246 g/mol. The van der Waals surface area contributed by atoms with Crippen LogP contribution in [0.5, 0.6) is 0 Å². The maximum absolute atomic E-state index is 10.7. The van der Waals surface area contributed by atoms with Gasteiger partial charge in [0, 0.05) is 0 Å². The number of carbonyl (C=O) groups is 1. The van der Waals surface area contributed by atoms with E-state index in [1.807, 2.05) is 30.3 Å². The molecule has 0 aromatic heterocycles. The number of alkyl halides is 1. The molecule has 1 atom stereocenters. The molecule has 0 aliphatic carbocycles. The maximum atomic E-state index is 10.7. The van der Waals surface area contributed by atoms with Gasteiger partial charge in [0.25, 0.3) is 0 Å². The number of benzene rings is 1. The van der Waals surface area contributed by atoms with Gasteiger partial charge in [-0.2, -0.15) is 0 Å². The summed E-state index contributed by atoms with van der Waals surface area (Å²) in [6.07, 6.45) is 0.642. The highest BCUT2D eigenvalue weighted by Gasteiger charge is 2.11. The highest BCUT2D eigenvalue weighted by atomic mass is 79.9. The average molecular weight is 248 g/mol. The zero-order chi connectivity index (χ0) is 8.97. The van der Waals surface area contributed by atoms with Crippen LogP contribution in [-0.2, 0) is 11.2 Å². The number of hydrogen-bond acceptors (Lipinski definition) is 1. The predicted octanol–water partition coefficient (Wildman–Crippen LogP) is 2.76. The minimum atomic E-state index is -0.348. The van der Waals surface area contributed by atoms with Crippen LogP contribution < -0.4 is 0 Å². The number of hydrogen-bond donors (Lipinski definition) is 0. The lowest BCUT2D eigenvalue weighted by Gasteiger charge is -2.03. The molecule has 0 bridgehead atoms. The van der Waals surface area contributed by atoms with E-state index in [0.717, 1.165) is 5.56 Å². The topological polar surface area (TPSA) is 17.1 Å². The Morgan fingerprint density at radius 2 is 2.00 bits per heavy atom. The summed E-state index contributed by atoms with van der Waals surface area (Å²) in [5, 5.41) is -0.348. The van der Waals surface area contributed by atoms with Gasteiger partial charge in [0.2, 0.25) is 5.24 Å². The van der Waals surface area contributed by atoms with Crippen molar-refractivity contribution in [2.24, 2.45) is 0 Å². The molecule has 0 fully saturated rings. The summed E-state index contributed by atoms with van der Waals surface area (Å²) in [6.45, 7) is 0. The molecule has 0 radical (unpaired) electrons. The summed E-state index contributed by atoms with van der Waals surface area (Å²) in [5.41, 5.74) is 1.10. The zero-order valence-electron chi connectivity index (χ0n) is 6.34. The van der Waals surface area contributed by atoms with Crippen LogP contribution in [0.2, 0.25) is 0 Å². The first-order valence-electron chi connectivity index (χ1n) is 3.57. The van der Waals surface area contributed by atoms with E-state index in [1.165, 1.54) is 0 Å². The summed E-state index contributed by atoms with van der Waals surface area (Å²) in [4.78, 5) is 10.4. The molecule has 0 aliphatic rings. The van der Waals surface area contributed by atoms with Crippen LogP contribution in [0.3, 0.4) is 0 Å². The molecule has 0 aliphatic heterocycles. The Labute approximate surface area is 84.9 Å². The van der Waals surface area contributed by atoms with Gasteiger partial charge in [0.15, 0.2) is 0 Å². The van der Waals surface area contributed by atoms with Crippen molar-refractivity contribution in [1.82, 2.24) is 0 Å². The van der Waals surface area contributed by atoms with Crippen molar-refractivity contribution in [3.05, 3.63) is 35.9 Å². The minimum Gasteiger partial charge on any atom is -0.280 e. The van der Waals surface area contributed by atoms with Crippen LogP contribution >= 0.6 is 27.5 Å². The second-order valence-electron chi connectivity index (χ2n) is 2.46. The summed E-state index contributed by atoms with van der Waals surface area (Å²) in [5.74, 6) is 0. The Morgan fingerprint density at radius 3 is 2.50 bits per heavy atom. The van der Waals surface area contributed by atoms with E-state index in [9.17, 15) is 4.79 Å². The molecular weight excluding hydrogens is 239 g/mol. The Bertz CT molecular complexity index is 260. The molecule has 0 heterocycles. The van der Waals surface area contributed by atoms with Crippen molar-refractivity contribution < 1.29 is 4.79 Å². The first-order chi connectivity index (χ1) is 5.70. The lowest BCUT2D eigenvalue weighted by atomic mass is 10.1. The summed E-state index contributed by atoms with van der Waals surface area (Å²) in [6, 6.07) is 9.75. The fourth-order valence-electron chi connectivity index (χ4n) is 0.901. The molecule has 64 valence electrons. The summed E-state index contributed by atoms with van der Waals surface area (Å²) in [7, 11) is 0. The van der Waals surface area contributed by atoms with Gasteiger partial charge >= 0.3 is 0 Å². The fraction of sp³-hybridized carbons (Fsp3) is 0.222. The minimum absolute atomic E-state index is 0.276. The lowest BCUT2D eigenvalue weighted by Crippen LogP contribution is -2.10. The van der Waals surface area contributed by atoms with Gasteiger partial charge in [0.1, 0.15) is 0 Å². The van der Waals surface area contributed by atoms with Crippen molar-refractivity contribution in [2.45, 2.75) is 11.2 Å². The first-order valence-corrected chi connectivity index (χ1v) is 4.87. The SMILES string of the molecule is O=C(Cl)C(Br)Cc1ccccc1. The van der Waals surface area contributed by atoms with E-state index < -0.39 is 0 Å². The molecule has 0 saturated heterocycles. The molecule has 3 heteroatoms. The van der Waals surface area contributed by atoms with E-state index in [1.54, 1.807) is 0 Å². The Kier molecular flexibility index (Phi) is 3.76. The molecule has 1 rings (SSSR count). The van der Waals surface area contributed by atoms with E-state index in [-0.39, 0.29) is 10.1 Å². The standard InChI is InChI=1S/C9H8BrClO/c10-8(9(11)12)6-7-4-2-1-3-5-7/h1-5,8H,6H2. The van der Waals surface area contributed by atoms with Crippen molar-refractivity contribution in [3.8, 4) is 0 Å². The van der Waals surface area contributed by atoms with E-state index in [4.69, 9.17) is 11.6 Å². The van der Waals surface area contributed by atoms with Crippen molar-refractivity contribution >= 4 is 32.8 Å². The lowest BCUT2D eigenvalue weighted by molar-refractivity contribution is -0.111. The summed E-state index contributed by atoms with van der Waals surface area (Å²) < 4.78 is 0. The molecule has 1 nitrogen and oxygen atoms in total. The Hall–Kier alpha value is -0.340. The predicted molar refractivity (Wildman–Crippen MR) is 53.7 cm³/mol. The van der Waals surface area contributed by atoms with Crippen LogP contribution in [0.25, 0.3) is 0 Å². The fourth-order valence-corrected chi connectivity index (χ4v) is 1.35. The third-order valence-electron chi connectivity index (χ3n) is 1.50. The zero-order valence-corrected chi connectivity index (χ0v) is 8.68. The first kappa shape index (κ1) is 9.75. The highest BCUT2D eigenvalue weighted by Crippen LogP contribution is 2.12. The van der Waals surface area contributed by atoms with Gasteiger partial charge in [-0.05, 0) is 23.6 Å². The molecule has 0 spiro atoms. The average Bonchev–Trinajstić information content (AvgIpc) is 2.06. The quantitative estimate of drug-likeness (QED) is 0.593. The van der Waals surface area contributed by atoms with Crippen LogP contribution in [0, 0.1) is 0 Å². The van der Waals surface area contributed by atoms with Crippen LogP contribution in [0.1, 0.15) is 5.56 Å². The van der Waals surface area contributed by atoms with E-state index in [2.05, 4.69) is 15.9 Å². The number of halogens is 2. The van der Waals surface area contributed by atoms with Gasteiger partial charge in [-0.3, -0.25) is 4.79 Å². The smallest absolute Gasteiger partial charge is 0.235 e. The third kappa shape index (κ3) is 2.95. The van der Waals surface area contributed by atoms with Gasteiger partial charge in [-0.15, -0.1) is 0 Å². The molecule has 1 aromatic carbocycles. The largest absolute Gasteiger partial charge is 0.280 e. The highest BCUT2D eigenvalue weighted by molar-refractivity contribution is 9.10. The second-order valence-corrected chi connectivity index (χ2v) is 3.94. The molecule has 12 heavy (non-hydrogen) atoms. The molecule has 1 aromatic rings. The van der Waals surface area contributed by atoms with E-state index in [0.29, 0.717) is 6.42 Å². The van der Waals surface area contributed by atoms with Crippen molar-refractivity contribution in [2.75, 3.05) is 0 Å². The van der Waals surface area contributed by atoms with Crippen molar-refractivity contribution in [3.63, 3.8) is 0 Å².